The van der Waals surface area contributed by atoms with Crippen LogP contribution >= 0.6 is 24.0 Å². The number of aromatic nitrogens is 1. The molecule has 0 amide bonds. The Bertz CT molecular complexity index is 689. The first-order valence-electron chi connectivity index (χ1n) is 8.59. The van der Waals surface area contributed by atoms with Gasteiger partial charge in [0.05, 0.1) is 24.5 Å². The van der Waals surface area contributed by atoms with Crippen LogP contribution in [0.5, 0.6) is 0 Å². The molecule has 2 N–H and O–H groups in total. The molecule has 1 unspecified atom stereocenters. The molecule has 1 atom stereocenters. The number of nitrogens with one attached hydrogen (secondary N) is 2. The summed E-state index contributed by atoms with van der Waals surface area (Å²) in [5, 5.41) is 6.42. The van der Waals surface area contributed by atoms with E-state index in [-0.39, 0.29) is 42.4 Å². The molecular formula is C18H25FIN5O. The Balaban J connectivity index is 0.00000243. The van der Waals surface area contributed by atoms with E-state index in [4.69, 9.17) is 4.42 Å². The summed E-state index contributed by atoms with van der Waals surface area (Å²) in [5.41, 5.74) is 0.368. The number of pyridine rings is 1. The highest BCUT2D eigenvalue weighted by Gasteiger charge is 2.25. The first-order valence-corrected chi connectivity index (χ1v) is 8.59. The molecule has 142 valence electrons. The fourth-order valence-corrected chi connectivity index (χ4v) is 3.07. The van der Waals surface area contributed by atoms with Crippen LogP contribution in [0.25, 0.3) is 0 Å². The molecule has 0 aliphatic carbocycles. The highest BCUT2D eigenvalue weighted by Crippen LogP contribution is 2.24. The number of guanidine groups is 1. The van der Waals surface area contributed by atoms with Crippen LogP contribution in [0.3, 0.4) is 0 Å². The van der Waals surface area contributed by atoms with Gasteiger partial charge in [-0.25, -0.2) is 4.39 Å². The van der Waals surface area contributed by atoms with Gasteiger partial charge in [0.25, 0.3) is 0 Å². The molecule has 0 saturated carbocycles. The smallest absolute Gasteiger partial charge is 0.191 e. The summed E-state index contributed by atoms with van der Waals surface area (Å²) in [7, 11) is 1.70. The van der Waals surface area contributed by atoms with Crippen LogP contribution in [0.4, 0.5) is 4.39 Å². The molecule has 1 saturated heterocycles. The molecule has 1 aliphatic rings. The summed E-state index contributed by atoms with van der Waals surface area (Å²) >= 11 is 0. The van der Waals surface area contributed by atoms with E-state index in [1.54, 1.807) is 25.6 Å². The molecule has 26 heavy (non-hydrogen) atoms. The highest BCUT2D eigenvalue weighted by atomic mass is 127. The van der Waals surface area contributed by atoms with Gasteiger partial charge in [0.1, 0.15) is 11.6 Å². The van der Waals surface area contributed by atoms with Crippen molar-refractivity contribution in [1.82, 2.24) is 20.5 Å². The second kappa shape index (κ2) is 10.5. The normalized spacial score (nSPS) is 16.2. The SMILES string of the molecule is CN=C(NCc1ncccc1F)NCC(c1ccco1)N1CCCC1.I. The highest BCUT2D eigenvalue weighted by molar-refractivity contribution is 14.0. The zero-order chi connectivity index (χ0) is 17.5. The molecule has 3 rings (SSSR count). The van der Waals surface area contributed by atoms with Crippen molar-refractivity contribution in [1.29, 1.82) is 0 Å². The second-order valence-corrected chi connectivity index (χ2v) is 6.01. The van der Waals surface area contributed by atoms with Crippen molar-refractivity contribution in [2.75, 3.05) is 26.7 Å². The lowest BCUT2D eigenvalue weighted by Crippen LogP contribution is -2.42. The third kappa shape index (κ3) is 5.41. The number of halogens is 2. The Hall–Kier alpha value is -1.68. The van der Waals surface area contributed by atoms with Crippen LogP contribution in [-0.2, 0) is 6.54 Å². The van der Waals surface area contributed by atoms with Crippen LogP contribution in [-0.4, -0.2) is 42.5 Å². The summed E-state index contributed by atoms with van der Waals surface area (Å²) in [6.45, 7) is 3.08. The quantitative estimate of drug-likeness (QED) is 0.384. The first kappa shape index (κ1) is 20.6. The summed E-state index contributed by atoms with van der Waals surface area (Å²) in [6, 6.07) is 7.05. The predicted molar refractivity (Wildman–Crippen MR) is 110 cm³/mol. The zero-order valence-electron chi connectivity index (χ0n) is 14.8. The minimum absolute atomic E-state index is 0. The Morgan fingerprint density at radius 2 is 2.12 bits per heavy atom. The molecule has 1 aliphatic heterocycles. The first-order chi connectivity index (χ1) is 12.3. The van der Waals surface area contributed by atoms with Gasteiger partial charge in [-0.15, -0.1) is 24.0 Å². The molecule has 0 aromatic carbocycles. The maximum atomic E-state index is 13.7. The largest absolute Gasteiger partial charge is 0.468 e. The van der Waals surface area contributed by atoms with E-state index in [1.165, 1.54) is 18.9 Å². The Morgan fingerprint density at radius 3 is 2.77 bits per heavy atom. The number of aliphatic imine (C=N–C) groups is 1. The van der Waals surface area contributed by atoms with Gasteiger partial charge in [0.2, 0.25) is 0 Å². The summed E-state index contributed by atoms with van der Waals surface area (Å²) in [4.78, 5) is 10.7. The molecule has 0 bridgehead atoms. The third-order valence-corrected chi connectivity index (χ3v) is 4.40. The van der Waals surface area contributed by atoms with Crippen molar-refractivity contribution in [3.05, 3.63) is 54.0 Å². The van der Waals surface area contributed by atoms with Crippen molar-refractivity contribution in [2.45, 2.75) is 25.4 Å². The van der Waals surface area contributed by atoms with Gasteiger partial charge >= 0.3 is 0 Å². The van der Waals surface area contributed by atoms with Crippen LogP contribution < -0.4 is 10.6 Å². The van der Waals surface area contributed by atoms with Gasteiger partial charge in [-0.2, -0.15) is 0 Å². The Kier molecular flexibility index (Phi) is 8.30. The summed E-state index contributed by atoms with van der Waals surface area (Å²) in [5.74, 6) is 1.23. The molecule has 2 aromatic rings. The van der Waals surface area contributed by atoms with Crippen molar-refractivity contribution in [2.24, 2.45) is 4.99 Å². The standard InChI is InChI=1S/C18H24FN5O.HI/c1-20-18(22-12-15-14(19)6-4-8-21-15)23-13-16(17-7-5-11-25-17)24-9-2-3-10-24;/h4-8,11,16H,2-3,9-10,12-13H2,1H3,(H2,20,22,23);1H. The Labute approximate surface area is 170 Å². The van der Waals surface area contributed by atoms with Crippen molar-refractivity contribution in [3.63, 3.8) is 0 Å². The van der Waals surface area contributed by atoms with E-state index in [1.807, 2.05) is 12.1 Å². The molecular weight excluding hydrogens is 448 g/mol. The van der Waals surface area contributed by atoms with Crippen LogP contribution in [0.1, 0.15) is 30.3 Å². The molecule has 0 spiro atoms. The molecule has 8 heteroatoms. The summed E-state index contributed by atoms with van der Waals surface area (Å²) in [6.07, 6.45) is 5.71. The number of likely N-dealkylation sites (tertiary alicyclic amines) is 1. The third-order valence-electron chi connectivity index (χ3n) is 4.40. The monoisotopic (exact) mass is 473 g/mol. The number of hydrogen-bond donors (Lipinski definition) is 2. The maximum absolute atomic E-state index is 13.7. The van der Waals surface area contributed by atoms with Gasteiger partial charge in [-0.1, -0.05) is 0 Å². The molecule has 0 radical (unpaired) electrons. The lowest BCUT2D eigenvalue weighted by molar-refractivity contribution is 0.215. The zero-order valence-corrected chi connectivity index (χ0v) is 17.2. The topological polar surface area (TPSA) is 65.7 Å². The fourth-order valence-electron chi connectivity index (χ4n) is 3.07. The molecule has 6 nitrogen and oxygen atoms in total. The fraction of sp³-hybridized carbons (Fsp3) is 0.444. The number of hydrogen-bond acceptors (Lipinski definition) is 4. The van der Waals surface area contributed by atoms with Crippen molar-refractivity contribution < 1.29 is 8.81 Å². The van der Waals surface area contributed by atoms with Gasteiger partial charge in [0.15, 0.2) is 5.96 Å². The average Bonchev–Trinajstić information content (AvgIpc) is 3.33. The van der Waals surface area contributed by atoms with E-state index in [0.717, 1.165) is 18.8 Å². The molecule has 3 heterocycles. The molecule has 1 fully saturated rings. The van der Waals surface area contributed by atoms with Crippen LogP contribution in [0.15, 0.2) is 46.1 Å². The molecule has 2 aromatic heterocycles. The van der Waals surface area contributed by atoms with E-state index in [0.29, 0.717) is 18.2 Å². The van der Waals surface area contributed by atoms with Gasteiger partial charge in [0, 0.05) is 19.8 Å². The lowest BCUT2D eigenvalue weighted by atomic mass is 10.2. The van der Waals surface area contributed by atoms with Crippen LogP contribution in [0, 0.1) is 5.82 Å². The van der Waals surface area contributed by atoms with E-state index in [9.17, 15) is 4.39 Å². The maximum Gasteiger partial charge on any atom is 0.191 e. The number of nitrogens with zero attached hydrogens (tertiary/aromatic N) is 3. The van der Waals surface area contributed by atoms with Crippen molar-refractivity contribution in [3.8, 4) is 0 Å². The van der Waals surface area contributed by atoms with E-state index in [2.05, 4.69) is 25.5 Å². The van der Waals surface area contributed by atoms with E-state index >= 15 is 0 Å². The second-order valence-electron chi connectivity index (χ2n) is 6.01. The lowest BCUT2D eigenvalue weighted by Gasteiger charge is -2.26. The van der Waals surface area contributed by atoms with Gasteiger partial charge in [-0.05, 0) is 50.2 Å². The van der Waals surface area contributed by atoms with Crippen LogP contribution in [0.2, 0.25) is 0 Å². The Morgan fingerprint density at radius 1 is 1.31 bits per heavy atom. The summed E-state index contributed by atoms with van der Waals surface area (Å²) < 4.78 is 19.3. The van der Waals surface area contributed by atoms with E-state index < -0.39 is 0 Å². The minimum Gasteiger partial charge on any atom is -0.468 e. The average molecular weight is 473 g/mol. The minimum atomic E-state index is -0.323. The predicted octanol–water partition coefficient (Wildman–Crippen LogP) is 2.93. The number of furan rings is 1. The van der Waals surface area contributed by atoms with Crippen molar-refractivity contribution >= 4 is 29.9 Å². The van der Waals surface area contributed by atoms with Gasteiger partial charge in [-0.3, -0.25) is 14.9 Å². The van der Waals surface area contributed by atoms with Gasteiger partial charge < -0.3 is 15.1 Å². The number of rotatable bonds is 6.